The van der Waals surface area contributed by atoms with E-state index in [1.54, 1.807) is 14.0 Å². The number of aliphatic hydroxyl groups is 1. The third-order valence-electron chi connectivity index (χ3n) is 5.84. The van der Waals surface area contributed by atoms with Crippen LogP contribution in [0.25, 0.3) is 0 Å². The lowest BCUT2D eigenvalue weighted by molar-refractivity contribution is -0.178. The number of aliphatic hydroxyl groups excluding tert-OH is 1. The van der Waals surface area contributed by atoms with Crippen molar-refractivity contribution < 1.29 is 24.2 Å². The quantitative estimate of drug-likeness (QED) is 0.621. The van der Waals surface area contributed by atoms with Gasteiger partial charge in [-0.25, -0.2) is 0 Å². The maximum atomic E-state index is 12.1. The molecule has 1 N–H and O–H groups in total. The molecular weight excluding hydrogens is 332 g/mol. The van der Waals surface area contributed by atoms with Gasteiger partial charge in [0.2, 0.25) is 0 Å². The molecule has 3 rings (SSSR count). The summed E-state index contributed by atoms with van der Waals surface area (Å²) in [5.41, 5.74) is 1.14. The van der Waals surface area contributed by atoms with Crippen molar-refractivity contribution in [3.05, 3.63) is 29.3 Å². The van der Waals surface area contributed by atoms with Crippen molar-refractivity contribution >= 4 is 11.8 Å². The van der Waals surface area contributed by atoms with Crippen LogP contribution in [0.2, 0.25) is 0 Å². The first kappa shape index (κ1) is 18.9. The Morgan fingerprint density at radius 2 is 2.04 bits per heavy atom. The Bertz CT molecular complexity index is 657. The average Bonchev–Trinajstić information content (AvgIpc) is 3.14. The number of hydrogen-bond donors (Lipinski definition) is 1. The van der Waals surface area contributed by atoms with E-state index in [4.69, 9.17) is 9.47 Å². The molecule has 1 saturated heterocycles. The second-order valence-corrected chi connectivity index (χ2v) is 7.66. The topological polar surface area (TPSA) is 72.8 Å². The number of aryl methyl sites for hydroxylation is 1. The van der Waals surface area contributed by atoms with Crippen LogP contribution in [-0.4, -0.2) is 29.6 Å². The van der Waals surface area contributed by atoms with Gasteiger partial charge in [0, 0.05) is 12.0 Å². The molecule has 0 radical (unpaired) electrons. The van der Waals surface area contributed by atoms with Crippen LogP contribution in [0.4, 0.5) is 0 Å². The van der Waals surface area contributed by atoms with Gasteiger partial charge in [-0.1, -0.05) is 18.9 Å². The van der Waals surface area contributed by atoms with Gasteiger partial charge in [-0.15, -0.1) is 0 Å². The maximum absolute atomic E-state index is 12.1. The first-order valence-electron chi connectivity index (χ1n) is 9.52. The van der Waals surface area contributed by atoms with E-state index < -0.39 is 11.7 Å². The summed E-state index contributed by atoms with van der Waals surface area (Å²) in [6.07, 6.45) is 5.25. The fourth-order valence-electron chi connectivity index (χ4n) is 4.50. The van der Waals surface area contributed by atoms with Gasteiger partial charge in [0.15, 0.2) is 0 Å². The van der Waals surface area contributed by atoms with Gasteiger partial charge in [0.25, 0.3) is 0 Å². The van der Waals surface area contributed by atoms with Crippen molar-refractivity contribution in [3.63, 3.8) is 0 Å². The lowest BCUT2D eigenvalue weighted by Crippen LogP contribution is -2.48. The number of esters is 1. The Balaban J connectivity index is 1.81. The molecule has 2 atom stereocenters. The molecule has 0 bridgehead atoms. The van der Waals surface area contributed by atoms with Crippen LogP contribution >= 0.6 is 0 Å². The predicted molar refractivity (Wildman–Crippen MR) is 97.0 cm³/mol. The summed E-state index contributed by atoms with van der Waals surface area (Å²) in [6, 6.07) is 5.77. The SMILES string of the molecule is COc1ccc(CCC2(C3CCCC3)CC(=O)CC(=O)O2)cc1[C@@H](C)O. The summed E-state index contributed by atoms with van der Waals surface area (Å²) in [4.78, 5) is 24.1. The molecule has 1 aromatic rings. The molecule has 1 aliphatic carbocycles. The predicted octanol–water partition coefficient (Wildman–Crippen LogP) is 3.52. The first-order valence-corrected chi connectivity index (χ1v) is 9.52. The normalized spacial score (nSPS) is 25.2. The third kappa shape index (κ3) is 3.93. The van der Waals surface area contributed by atoms with Crippen LogP contribution in [0.1, 0.15) is 69.1 Å². The van der Waals surface area contributed by atoms with E-state index in [-0.39, 0.29) is 24.1 Å². The number of ether oxygens (including phenoxy) is 2. The van der Waals surface area contributed by atoms with Gasteiger partial charge in [0.1, 0.15) is 23.6 Å². The molecule has 1 unspecified atom stereocenters. The third-order valence-corrected chi connectivity index (χ3v) is 5.84. The minimum atomic E-state index is -0.659. The van der Waals surface area contributed by atoms with Gasteiger partial charge in [-0.2, -0.15) is 0 Å². The van der Waals surface area contributed by atoms with Crippen LogP contribution in [0.5, 0.6) is 5.75 Å². The van der Waals surface area contributed by atoms with E-state index in [0.29, 0.717) is 25.0 Å². The lowest BCUT2D eigenvalue weighted by atomic mass is 9.76. The molecule has 5 nitrogen and oxygen atoms in total. The molecule has 1 aliphatic heterocycles. The smallest absolute Gasteiger partial charge is 0.313 e. The number of carbonyl (C=O) groups excluding carboxylic acids is 2. The van der Waals surface area contributed by atoms with Gasteiger partial charge in [-0.3, -0.25) is 9.59 Å². The lowest BCUT2D eigenvalue weighted by Gasteiger charge is -2.41. The molecule has 142 valence electrons. The highest BCUT2D eigenvalue weighted by Gasteiger charge is 2.47. The van der Waals surface area contributed by atoms with Crippen molar-refractivity contribution in [2.24, 2.45) is 5.92 Å². The van der Waals surface area contributed by atoms with Gasteiger partial charge in [0.05, 0.1) is 13.2 Å². The summed E-state index contributed by atoms with van der Waals surface area (Å²) < 4.78 is 11.2. The van der Waals surface area contributed by atoms with Gasteiger partial charge in [-0.05, 0) is 56.2 Å². The number of rotatable bonds is 6. The highest BCUT2D eigenvalue weighted by molar-refractivity contribution is 5.98. The minimum Gasteiger partial charge on any atom is -0.496 e. The van der Waals surface area contributed by atoms with E-state index in [2.05, 4.69) is 0 Å². The summed E-state index contributed by atoms with van der Waals surface area (Å²) in [7, 11) is 1.59. The molecule has 1 aromatic carbocycles. The summed E-state index contributed by atoms with van der Waals surface area (Å²) in [5, 5.41) is 9.98. The minimum absolute atomic E-state index is 0.00690. The van der Waals surface area contributed by atoms with Crippen molar-refractivity contribution in [1.29, 1.82) is 0 Å². The van der Waals surface area contributed by atoms with E-state index in [9.17, 15) is 14.7 Å². The van der Waals surface area contributed by atoms with Crippen molar-refractivity contribution in [2.75, 3.05) is 7.11 Å². The second-order valence-electron chi connectivity index (χ2n) is 7.66. The van der Waals surface area contributed by atoms with E-state index in [1.165, 1.54) is 0 Å². The zero-order chi connectivity index (χ0) is 18.7. The maximum Gasteiger partial charge on any atom is 0.313 e. The zero-order valence-electron chi connectivity index (χ0n) is 15.6. The van der Waals surface area contributed by atoms with Crippen molar-refractivity contribution in [1.82, 2.24) is 0 Å². The second kappa shape index (κ2) is 7.78. The standard InChI is InChI=1S/C21H28O5/c1-14(22)18-11-15(7-8-19(18)25-2)9-10-21(16-5-3-4-6-16)13-17(23)12-20(24)26-21/h7-8,11,14,16,22H,3-6,9-10,12-13H2,1-2H3/t14-,21?/m1/s1. The molecule has 0 aromatic heterocycles. The summed E-state index contributed by atoms with van der Waals surface area (Å²) in [6.45, 7) is 1.71. The monoisotopic (exact) mass is 360 g/mol. The number of cyclic esters (lactones) is 1. The molecule has 5 heteroatoms. The van der Waals surface area contributed by atoms with Gasteiger partial charge >= 0.3 is 5.97 Å². The Hall–Kier alpha value is -1.88. The number of benzene rings is 1. The molecule has 1 heterocycles. The number of carbonyl (C=O) groups is 2. The number of methoxy groups -OCH3 is 1. The number of Topliss-reactive ketones (excluding diaryl/α,β-unsaturated/α-hetero) is 1. The fourth-order valence-corrected chi connectivity index (χ4v) is 4.50. The largest absolute Gasteiger partial charge is 0.496 e. The molecule has 26 heavy (non-hydrogen) atoms. The van der Waals surface area contributed by atoms with Crippen LogP contribution in [0, 0.1) is 5.92 Å². The van der Waals surface area contributed by atoms with E-state index in [0.717, 1.165) is 36.8 Å². The van der Waals surface area contributed by atoms with E-state index in [1.807, 2.05) is 18.2 Å². The fraction of sp³-hybridized carbons (Fsp3) is 0.619. The Labute approximate surface area is 154 Å². The average molecular weight is 360 g/mol. The number of hydrogen-bond acceptors (Lipinski definition) is 5. The van der Waals surface area contributed by atoms with Crippen LogP contribution in [-0.2, 0) is 20.7 Å². The number of ketones is 1. The summed E-state index contributed by atoms with van der Waals surface area (Å²) >= 11 is 0. The van der Waals surface area contributed by atoms with Crippen LogP contribution in [0.3, 0.4) is 0 Å². The van der Waals surface area contributed by atoms with Crippen LogP contribution < -0.4 is 4.74 Å². The molecule has 0 amide bonds. The Kier molecular flexibility index (Phi) is 5.66. The summed E-state index contributed by atoms with van der Waals surface area (Å²) in [5.74, 6) is 0.541. The highest BCUT2D eigenvalue weighted by atomic mass is 16.6. The van der Waals surface area contributed by atoms with Crippen molar-refractivity contribution in [2.45, 2.75) is 70.0 Å². The molecular formula is C21H28O5. The zero-order valence-corrected chi connectivity index (χ0v) is 15.6. The van der Waals surface area contributed by atoms with E-state index >= 15 is 0 Å². The molecule has 2 aliphatic rings. The van der Waals surface area contributed by atoms with Crippen LogP contribution in [0.15, 0.2) is 18.2 Å². The highest BCUT2D eigenvalue weighted by Crippen LogP contribution is 2.44. The van der Waals surface area contributed by atoms with Gasteiger partial charge < -0.3 is 14.6 Å². The molecule has 0 spiro atoms. The molecule has 1 saturated carbocycles. The Morgan fingerprint density at radius 1 is 1.31 bits per heavy atom. The van der Waals surface area contributed by atoms with Crippen molar-refractivity contribution in [3.8, 4) is 5.75 Å². The molecule has 2 fully saturated rings. The first-order chi connectivity index (χ1) is 12.4. The Morgan fingerprint density at radius 3 is 2.65 bits per heavy atom.